The van der Waals surface area contributed by atoms with Crippen LogP contribution in [0.15, 0.2) is 18.5 Å². The van der Waals surface area contributed by atoms with E-state index in [1.54, 1.807) is 0 Å². The van der Waals surface area contributed by atoms with Crippen molar-refractivity contribution in [2.75, 3.05) is 0 Å². The molecule has 0 amide bonds. The maximum Gasteiger partial charge on any atom is 0.0197 e. The van der Waals surface area contributed by atoms with Gasteiger partial charge in [0.15, 0.2) is 0 Å². The Labute approximate surface area is 60.4 Å². The SMILES string of the molecule is NC1(Cc2cc[nH]c2)CC1. The molecule has 1 aromatic rings. The smallest absolute Gasteiger partial charge is 0.0197 e. The van der Waals surface area contributed by atoms with Gasteiger partial charge in [0.1, 0.15) is 0 Å². The molecule has 0 bridgehead atoms. The minimum atomic E-state index is 0.155. The van der Waals surface area contributed by atoms with E-state index in [4.69, 9.17) is 5.73 Å². The number of hydrogen-bond donors (Lipinski definition) is 2. The molecule has 2 heteroatoms. The summed E-state index contributed by atoms with van der Waals surface area (Å²) in [6, 6.07) is 2.09. The third-order valence-corrected chi connectivity index (χ3v) is 2.11. The van der Waals surface area contributed by atoms with Crippen LogP contribution in [0.4, 0.5) is 0 Å². The van der Waals surface area contributed by atoms with E-state index in [2.05, 4.69) is 11.1 Å². The minimum Gasteiger partial charge on any atom is -0.367 e. The summed E-state index contributed by atoms with van der Waals surface area (Å²) in [7, 11) is 0. The average Bonchev–Trinajstić information content (AvgIpc) is 2.47. The quantitative estimate of drug-likeness (QED) is 0.627. The first kappa shape index (κ1) is 5.98. The molecule has 0 aromatic carbocycles. The van der Waals surface area contributed by atoms with Crippen molar-refractivity contribution >= 4 is 0 Å². The van der Waals surface area contributed by atoms with E-state index < -0.39 is 0 Å². The maximum absolute atomic E-state index is 5.92. The molecule has 1 aromatic heterocycles. The number of H-pyrrole nitrogens is 1. The first-order valence-corrected chi connectivity index (χ1v) is 3.69. The molecular formula is C8H12N2. The van der Waals surface area contributed by atoms with Gasteiger partial charge in [-0.15, -0.1) is 0 Å². The number of rotatable bonds is 2. The zero-order chi connectivity index (χ0) is 7.03. The van der Waals surface area contributed by atoms with Gasteiger partial charge in [0.25, 0.3) is 0 Å². The van der Waals surface area contributed by atoms with Crippen LogP contribution in [0.3, 0.4) is 0 Å². The van der Waals surface area contributed by atoms with Crippen LogP contribution in [-0.4, -0.2) is 10.5 Å². The summed E-state index contributed by atoms with van der Waals surface area (Å²) in [6.07, 6.45) is 7.39. The molecule has 0 unspecified atom stereocenters. The summed E-state index contributed by atoms with van der Waals surface area (Å²) in [4.78, 5) is 3.02. The van der Waals surface area contributed by atoms with E-state index in [-0.39, 0.29) is 5.54 Å². The minimum absolute atomic E-state index is 0.155. The van der Waals surface area contributed by atoms with Crippen molar-refractivity contribution < 1.29 is 0 Å². The molecule has 2 nitrogen and oxygen atoms in total. The van der Waals surface area contributed by atoms with Gasteiger partial charge >= 0.3 is 0 Å². The van der Waals surface area contributed by atoms with Crippen LogP contribution < -0.4 is 5.73 Å². The summed E-state index contributed by atoms with van der Waals surface area (Å²) >= 11 is 0. The second-order valence-electron chi connectivity index (χ2n) is 3.26. The Kier molecular flexibility index (Phi) is 1.11. The second kappa shape index (κ2) is 1.86. The molecule has 1 saturated carbocycles. The Morgan fingerprint density at radius 1 is 1.60 bits per heavy atom. The van der Waals surface area contributed by atoms with Crippen LogP contribution in [0.5, 0.6) is 0 Å². The Morgan fingerprint density at radius 3 is 2.90 bits per heavy atom. The fraction of sp³-hybridized carbons (Fsp3) is 0.500. The third-order valence-electron chi connectivity index (χ3n) is 2.11. The van der Waals surface area contributed by atoms with Crippen LogP contribution in [-0.2, 0) is 6.42 Å². The van der Waals surface area contributed by atoms with Crippen LogP contribution in [0.25, 0.3) is 0 Å². The normalized spacial score (nSPS) is 20.9. The van der Waals surface area contributed by atoms with Crippen molar-refractivity contribution in [3.05, 3.63) is 24.0 Å². The fourth-order valence-electron chi connectivity index (χ4n) is 1.21. The monoisotopic (exact) mass is 136 g/mol. The number of aromatic nitrogens is 1. The molecule has 0 aliphatic heterocycles. The summed E-state index contributed by atoms with van der Waals surface area (Å²) < 4.78 is 0. The Morgan fingerprint density at radius 2 is 2.40 bits per heavy atom. The van der Waals surface area contributed by atoms with Crippen molar-refractivity contribution in [2.45, 2.75) is 24.8 Å². The van der Waals surface area contributed by atoms with Gasteiger partial charge in [0.05, 0.1) is 0 Å². The molecule has 54 valence electrons. The van der Waals surface area contributed by atoms with Crippen LogP contribution in [0.2, 0.25) is 0 Å². The zero-order valence-electron chi connectivity index (χ0n) is 5.93. The molecule has 0 spiro atoms. The van der Waals surface area contributed by atoms with E-state index in [1.807, 2.05) is 12.4 Å². The number of nitrogens with one attached hydrogen (secondary N) is 1. The summed E-state index contributed by atoms with van der Waals surface area (Å²) in [5, 5.41) is 0. The van der Waals surface area contributed by atoms with Gasteiger partial charge in [-0.2, -0.15) is 0 Å². The highest BCUT2D eigenvalue weighted by molar-refractivity contribution is 5.16. The lowest BCUT2D eigenvalue weighted by atomic mass is 10.1. The van der Waals surface area contributed by atoms with Crippen LogP contribution in [0.1, 0.15) is 18.4 Å². The summed E-state index contributed by atoms with van der Waals surface area (Å²) in [6.45, 7) is 0. The summed E-state index contributed by atoms with van der Waals surface area (Å²) in [5.74, 6) is 0. The van der Waals surface area contributed by atoms with Crippen molar-refractivity contribution in [2.24, 2.45) is 5.73 Å². The molecule has 1 heterocycles. The van der Waals surface area contributed by atoms with E-state index in [0.29, 0.717) is 0 Å². The van der Waals surface area contributed by atoms with Gasteiger partial charge in [-0.05, 0) is 30.9 Å². The van der Waals surface area contributed by atoms with Crippen molar-refractivity contribution in [1.82, 2.24) is 4.98 Å². The molecule has 10 heavy (non-hydrogen) atoms. The van der Waals surface area contributed by atoms with E-state index >= 15 is 0 Å². The topological polar surface area (TPSA) is 41.8 Å². The zero-order valence-corrected chi connectivity index (χ0v) is 5.93. The number of aromatic amines is 1. The highest BCUT2D eigenvalue weighted by Gasteiger charge is 2.37. The Balaban J connectivity index is 2.04. The van der Waals surface area contributed by atoms with Crippen molar-refractivity contribution in [1.29, 1.82) is 0 Å². The molecule has 3 N–H and O–H groups in total. The van der Waals surface area contributed by atoms with Gasteiger partial charge in [-0.1, -0.05) is 0 Å². The first-order chi connectivity index (χ1) is 4.79. The van der Waals surface area contributed by atoms with Crippen LogP contribution >= 0.6 is 0 Å². The lowest BCUT2D eigenvalue weighted by molar-refractivity contribution is 0.673. The second-order valence-corrected chi connectivity index (χ2v) is 3.26. The predicted molar refractivity (Wildman–Crippen MR) is 40.6 cm³/mol. The van der Waals surface area contributed by atoms with Gasteiger partial charge in [0, 0.05) is 17.9 Å². The highest BCUT2D eigenvalue weighted by Crippen LogP contribution is 2.35. The van der Waals surface area contributed by atoms with Crippen molar-refractivity contribution in [3.63, 3.8) is 0 Å². The Hall–Kier alpha value is -0.760. The van der Waals surface area contributed by atoms with Gasteiger partial charge in [-0.3, -0.25) is 0 Å². The van der Waals surface area contributed by atoms with Gasteiger partial charge in [0.2, 0.25) is 0 Å². The highest BCUT2D eigenvalue weighted by atomic mass is 14.8. The molecule has 0 radical (unpaired) electrons. The average molecular weight is 136 g/mol. The van der Waals surface area contributed by atoms with Crippen molar-refractivity contribution in [3.8, 4) is 0 Å². The molecule has 1 aliphatic rings. The molecule has 1 fully saturated rings. The van der Waals surface area contributed by atoms with Gasteiger partial charge in [-0.25, -0.2) is 0 Å². The lowest BCUT2D eigenvalue weighted by Crippen LogP contribution is -2.24. The predicted octanol–water partition coefficient (Wildman–Crippen LogP) is 1.05. The number of hydrogen-bond acceptors (Lipinski definition) is 1. The standard InChI is InChI=1S/C8H12N2/c9-8(2-3-8)5-7-1-4-10-6-7/h1,4,6,10H,2-3,5,9H2. The van der Waals surface area contributed by atoms with E-state index in [0.717, 1.165) is 6.42 Å². The third kappa shape index (κ3) is 1.07. The maximum atomic E-state index is 5.92. The fourth-order valence-corrected chi connectivity index (χ4v) is 1.21. The molecule has 0 saturated heterocycles. The molecule has 1 aliphatic carbocycles. The van der Waals surface area contributed by atoms with E-state index in [1.165, 1.54) is 18.4 Å². The van der Waals surface area contributed by atoms with Crippen LogP contribution in [0, 0.1) is 0 Å². The largest absolute Gasteiger partial charge is 0.367 e. The first-order valence-electron chi connectivity index (χ1n) is 3.69. The number of nitrogens with two attached hydrogens (primary N) is 1. The van der Waals surface area contributed by atoms with Gasteiger partial charge < -0.3 is 10.7 Å². The molecule has 2 rings (SSSR count). The lowest BCUT2D eigenvalue weighted by Gasteiger charge is -2.04. The Bertz CT molecular complexity index is 209. The summed E-state index contributed by atoms with van der Waals surface area (Å²) in [5.41, 5.74) is 7.41. The molecular weight excluding hydrogens is 124 g/mol. The van der Waals surface area contributed by atoms with E-state index in [9.17, 15) is 0 Å². The molecule has 0 atom stereocenters.